The van der Waals surface area contributed by atoms with Gasteiger partial charge in [-0.1, -0.05) is 29.8 Å². The lowest BCUT2D eigenvalue weighted by Gasteiger charge is -2.22. The predicted molar refractivity (Wildman–Crippen MR) is 115 cm³/mol. The maximum atomic E-state index is 12.8. The number of ether oxygens (including phenoxy) is 1. The Bertz CT molecular complexity index is 1030. The summed E-state index contributed by atoms with van der Waals surface area (Å²) in [6.07, 6.45) is -0.588. The Balaban J connectivity index is 1.57. The molecule has 29 heavy (non-hydrogen) atoms. The number of nitrogens with zero attached hydrogens (tertiary/aromatic N) is 1. The summed E-state index contributed by atoms with van der Waals surface area (Å²) in [5.74, 6) is 0.413. The largest absolute Gasteiger partial charge is 0.481 e. The highest BCUT2D eigenvalue weighted by Gasteiger charge is 2.28. The Morgan fingerprint density at radius 2 is 2.03 bits per heavy atom. The molecular weight excluding hydrogens is 408 g/mol. The molecule has 1 atom stereocenters. The first-order valence-electron chi connectivity index (χ1n) is 9.17. The Morgan fingerprint density at radius 1 is 1.24 bits per heavy atom. The van der Waals surface area contributed by atoms with Crippen LogP contribution < -0.4 is 10.1 Å². The Labute approximate surface area is 177 Å². The third-order valence-electron chi connectivity index (χ3n) is 4.67. The van der Waals surface area contributed by atoms with Crippen LogP contribution >= 0.6 is 22.9 Å². The summed E-state index contributed by atoms with van der Waals surface area (Å²) in [5.41, 5.74) is 2.50. The molecule has 0 spiro atoms. The molecule has 1 aliphatic heterocycles. The second-order valence-electron chi connectivity index (χ2n) is 6.83. The van der Waals surface area contributed by atoms with Gasteiger partial charge < -0.3 is 15.0 Å². The molecule has 0 unspecified atom stereocenters. The zero-order valence-electron chi connectivity index (χ0n) is 15.7. The minimum Gasteiger partial charge on any atom is -0.481 e. The van der Waals surface area contributed by atoms with Crippen LogP contribution in [0.2, 0.25) is 5.02 Å². The van der Waals surface area contributed by atoms with E-state index in [1.807, 2.05) is 41.8 Å². The number of nitrogens with one attached hydrogen (secondary N) is 1. The van der Waals surface area contributed by atoms with Crippen LogP contribution in [0.1, 0.15) is 27.7 Å². The van der Waals surface area contributed by atoms with Gasteiger partial charge in [0.25, 0.3) is 11.8 Å². The van der Waals surface area contributed by atoms with E-state index in [0.717, 1.165) is 11.1 Å². The van der Waals surface area contributed by atoms with E-state index in [1.54, 1.807) is 30.0 Å². The van der Waals surface area contributed by atoms with Crippen molar-refractivity contribution in [1.29, 1.82) is 0 Å². The third kappa shape index (κ3) is 4.44. The lowest BCUT2D eigenvalue weighted by atomic mass is 10.1. The second kappa shape index (κ2) is 8.27. The Morgan fingerprint density at radius 3 is 2.76 bits per heavy atom. The van der Waals surface area contributed by atoms with Crippen LogP contribution in [0.4, 0.5) is 5.69 Å². The van der Waals surface area contributed by atoms with Crippen molar-refractivity contribution in [2.24, 2.45) is 0 Å². The van der Waals surface area contributed by atoms with Crippen molar-refractivity contribution in [2.45, 2.75) is 26.1 Å². The fourth-order valence-electron chi connectivity index (χ4n) is 3.22. The zero-order chi connectivity index (χ0) is 20.4. The molecule has 2 amide bonds. The van der Waals surface area contributed by atoms with Gasteiger partial charge in [0.1, 0.15) is 5.75 Å². The monoisotopic (exact) mass is 426 g/mol. The summed E-state index contributed by atoms with van der Waals surface area (Å²) in [4.78, 5) is 27.5. The quantitative estimate of drug-likeness (QED) is 0.641. The van der Waals surface area contributed by atoms with Crippen molar-refractivity contribution in [3.05, 3.63) is 81.0 Å². The molecule has 0 saturated carbocycles. The molecule has 0 fully saturated rings. The molecule has 7 heteroatoms. The number of hydrogen-bond acceptors (Lipinski definition) is 4. The maximum absolute atomic E-state index is 12.8. The van der Waals surface area contributed by atoms with E-state index in [0.29, 0.717) is 34.4 Å². The van der Waals surface area contributed by atoms with Crippen molar-refractivity contribution in [3.63, 3.8) is 0 Å². The summed E-state index contributed by atoms with van der Waals surface area (Å²) in [7, 11) is 0. The lowest BCUT2D eigenvalue weighted by Crippen LogP contribution is -2.37. The summed E-state index contributed by atoms with van der Waals surface area (Å²) in [6.45, 7) is 2.59. The molecule has 0 bridgehead atoms. The van der Waals surface area contributed by atoms with E-state index in [2.05, 4.69) is 5.32 Å². The minimum absolute atomic E-state index is 0.0830. The summed E-state index contributed by atoms with van der Waals surface area (Å²) >= 11 is 7.35. The van der Waals surface area contributed by atoms with E-state index < -0.39 is 6.10 Å². The average Bonchev–Trinajstić information content (AvgIpc) is 3.22. The highest BCUT2D eigenvalue weighted by atomic mass is 35.5. The molecule has 1 aliphatic rings. The molecule has 0 aliphatic carbocycles. The van der Waals surface area contributed by atoms with Gasteiger partial charge in [-0.05, 0) is 54.3 Å². The van der Waals surface area contributed by atoms with Gasteiger partial charge in [-0.15, -0.1) is 11.3 Å². The topological polar surface area (TPSA) is 58.6 Å². The van der Waals surface area contributed by atoms with Gasteiger partial charge in [0.15, 0.2) is 6.10 Å². The Hall–Kier alpha value is -2.83. The van der Waals surface area contributed by atoms with Crippen molar-refractivity contribution >= 4 is 40.4 Å². The van der Waals surface area contributed by atoms with Crippen LogP contribution in [-0.4, -0.2) is 22.8 Å². The normalized spacial score (nSPS) is 16.0. The van der Waals surface area contributed by atoms with Crippen LogP contribution in [0.25, 0.3) is 0 Å². The SMILES string of the molecule is C[C@@H]1Oc2ccc(NC(=O)c3cccs3)cc2CN(Cc2ccc(Cl)cc2)C1=O. The van der Waals surface area contributed by atoms with E-state index >= 15 is 0 Å². The first-order chi connectivity index (χ1) is 14.0. The van der Waals surface area contributed by atoms with Crippen LogP contribution in [0.3, 0.4) is 0 Å². The van der Waals surface area contributed by atoms with Gasteiger partial charge in [0, 0.05) is 29.4 Å². The predicted octanol–water partition coefficient (Wildman–Crippen LogP) is 4.96. The summed E-state index contributed by atoms with van der Waals surface area (Å²) < 4.78 is 5.87. The molecule has 148 valence electrons. The van der Waals surface area contributed by atoms with Crippen LogP contribution in [0, 0.1) is 0 Å². The number of anilines is 1. The van der Waals surface area contributed by atoms with Crippen LogP contribution in [0.5, 0.6) is 5.75 Å². The standard InChI is InChI=1S/C22H19ClN2O3S/c1-14-22(27)25(12-15-4-6-17(23)7-5-15)13-16-11-18(8-9-19(16)28-14)24-21(26)20-3-2-10-29-20/h2-11,14H,12-13H2,1H3,(H,24,26)/t14-/m0/s1. The zero-order valence-corrected chi connectivity index (χ0v) is 17.3. The fourth-order valence-corrected chi connectivity index (χ4v) is 3.97. The summed E-state index contributed by atoms with van der Waals surface area (Å²) in [5, 5.41) is 5.42. The fraction of sp³-hybridized carbons (Fsp3) is 0.182. The third-order valence-corrected chi connectivity index (χ3v) is 5.80. The highest BCUT2D eigenvalue weighted by molar-refractivity contribution is 7.12. The number of amides is 2. The van der Waals surface area contributed by atoms with Crippen molar-refractivity contribution in [3.8, 4) is 5.75 Å². The number of carbonyl (C=O) groups is 2. The average molecular weight is 427 g/mol. The van der Waals surface area contributed by atoms with Crippen molar-refractivity contribution in [1.82, 2.24) is 4.90 Å². The maximum Gasteiger partial charge on any atom is 0.265 e. The van der Waals surface area contributed by atoms with Gasteiger partial charge in [-0.3, -0.25) is 9.59 Å². The molecule has 0 saturated heterocycles. The van der Waals surface area contributed by atoms with E-state index in [4.69, 9.17) is 16.3 Å². The molecule has 0 radical (unpaired) electrons. The molecular formula is C22H19ClN2O3S. The lowest BCUT2D eigenvalue weighted by molar-refractivity contribution is -0.138. The van der Waals surface area contributed by atoms with E-state index in [9.17, 15) is 9.59 Å². The molecule has 5 nitrogen and oxygen atoms in total. The number of halogens is 1. The smallest absolute Gasteiger partial charge is 0.265 e. The Kier molecular flexibility index (Phi) is 5.56. The van der Waals surface area contributed by atoms with Gasteiger partial charge in [0.2, 0.25) is 0 Å². The molecule has 2 heterocycles. The number of benzene rings is 2. The number of carbonyl (C=O) groups excluding carboxylic acids is 2. The van der Waals surface area contributed by atoms with Crippen molar-refractivity contribution < 1.29 is 14.3 Å². The van der Waals surface area contributed by atoms with Gasteiger partial charge in [0.05, 0.1) is 4.88 Å². The number of fused-ring (bicyclic) bond motifs is 1. The van der Waals surface area contributed by atoms with Gasteiger partial charge >= 0.3 is 0 Å². The van der Waals surface area contributed by atoms with Gasteiger partial charge in [-0.2, -0.15) is 0 Å². The van der Waals surface area contributed by atoms with Gasteiger partial charge in [-0.25, -0.2) is 0 Å². The highest BCUT2D eigenvalue weighted by Crippen LogP contribution is 2.30. The van der Waals surface area contributed by atoms with Crippen LogP contribution in [-0.2, 0) is 17.9 Å². The van der Waals surface area contributed by atoms with E-state index in [-0.39, 0.29) is 11.8 Å². The molecule has 3 aromatic rings. The second-order valence-corrected chi connectivity index (χ2v) is 8.22. The molecule has 1 aromatic heterocycles. The number of thiophene rings is 1. The summed E-state index contributed by atoms with van der Waals surface area (Å²) in [6, 6.07) is 16.5. The van der Waals surface area contributed by atoms with E-state index in [1.165, 1.54) is 11.3 Å². The molecule has 4 rings (SSSR count). The molecule has 2 aromatic carbocycles. The molecule has 1 N–H and O–H groups in total. The van der Waals surface area contributed by atoms with Crippen LogP contribution in [0.15, 0.2) is 60.0 Å². The minimum atomic E-state index is -0.588. The first kappa shape index (κ1) is 19.5. The van der Waals surface area contributed by atoms with Crippen molar-refractivity contribution in [2.75, 3.05) is 5.32 Å². The number of rotatable bonds is 4. The number of hydrogen-bond donors (Lipinski definition) is 1. The first-order valence-corrected chi connectivity index (χ1v) is 10.4.